The van der Waals surface area contributed by atoms with Crippen molar-refractivity contribution in [1.82, 2.24) is 4.90 Å². The van der Waals surface area contributed by atoms with Crippen molar-refractivity contribution in [3.8, 4) is 0 Å². The standard InChI is InChI=1S/C14H19F3N2O/c1-11-8-12(14(15,16)17)10-13(9-11)18-2-3-19-4-6-20-7-5-19/h8-10,18H,2-7H2,1H3. The summed E-state index contributed by atoms with van der Waals surface area (Å²) in [7, 11) is 0. The predicted octanol–water partition coefficient (Wildman–Crippen LogP) is 2.76. The second-order valence-corrected chi connectivity index (χ2v) is 4.97. The number of nitrogens with one attached hydrogen (secondary N) is 1. The second kappa shape index (κ2) is 6.45. The zero-order valence-corrected chi connectivity index (χ0v) is 11.5. The molecule has 2 rings (SSSR count). The van der Waals surface area contributed by atoms with E-state index >= 15 is 0 Å². The molecular weight excluding hydrogens is 269 g/mol. The maximum atomic E-state index is 12.7. The molecule has 6 heteroatoms. The van der Waals surface area contributed by atoms with Crippen LogP contribution in [0.5, 0.6) is 0 Å². The molecule has 0 bridgehead atoms. The van der Waals surface area contributed by atoms with Crippen LogP contribution in [0.2, 0.25) is 0 Å². The molecule has 112 valence electrons. The lowest BCUT2D eigenvalue weighted by atomic mass is 10.1. The van der Waals surface area contributed by atoms with Crippen LogP contribution < -0.4 is 5.32 Å². The van der Waals surface area contributed by atoms with E-state index in [9.17, 15) is 13.2 Å². The van der Waals surface area contributed by atoms with Gasteiger partial charge in [0, 0.05) is 31.9 Å². The van der Waals surface area contributed by atoms with Gasteiger partial charge in [-0.15, -0.1) is 0 Å². The number of halogens is 3. The van der Waals surface area contributed by atoms with Crippen molar-refractivity contribution in [3.63, 3.8) is 0 Å². The van der Waals surface area contributed by atoms with Gasteiger partial charge in [-0.2, -0.15) is 13.2 Å². The summed E-state index contributed by atoms with van der Waals surface area (Å²) in [6, 6.07) is 4.05. The maximum Gasteiger partial charge on any atom is 0.416 e. The molecule has 0 radical (unpaired) electrons. The first kappa shape index (κ1) is 15.1. The molecule has 1 fully saturated rings. The fourth-order valence-electron chi connectivity index (χ4n) is 2.23. The van der Waals surface area contributed by atoms with E-state index in [4.69, 9.17) is 4.74 Å². The van der Waals surface area contributed by atoms with Gasteiger partial charge in [0.05, 0.1) is 18.8 Å². The molecule has 0 spiro atoms. The molecule has 0 amide bonds. The third kappa shape index (κ3) is 4.38. The van der Waals surface area contributed by atoms with Crippen LogP contribution in [-0.2, 0) is 10.9 Å². The summed E-state index contributed by atoms with van der Waals surface area (Å²) in [5, 5.41) is 3.06. The topological polar surface area (TPSA) is 24.5 Å². The van der Waals surface area contributed by atoms with Gasteiger partial charge in [0.15, 0.2) is 0 Å². The minimum Gasteiger partial charge on any atom is -0.384 e. The Hall–Kier alpha value is -1.27. The minimum atomic E-state index is -4.30. The molecule has 1 saturated heterocycles. The van der Waals surface area contributed by atoms with Crippen molar-refractivity contribution in [3.05, 3.63) is 29.3 Å². The number of hydrogen-bond donors (Lipinski definition) is 1. The van der Waals surface area contributed by atoms with Gasteiger partial charge in [-0.3, -0.25) is 4.90 Å². The molecule has 20 heavy (non-hydrogen) atoms. The third-order valence-electron chi connectivity index (χ3n) is 3.27. The predicted molar refractivity (Wildman–Crippen MR) is 71.9 cm³/mol. The average molecular weight is 288 g/mol. The quantitative estimate of drug-likeness (QED) is 0.922. The Balaban J connectivity index is 1.90. The Labute approximate surface area is 116 Å². The first-order valence-electron chi connectivity index (χ1n) is 6.68. The third-order valence-corrected chi connectivity index (χ3v) is 3.27. The molecular formula is C14H19F3N2O. The largest absolute Gasteiger partial charge is 0.416 e. The number of morpholine rings is 1. The smallest absolute Gasteiger partial charge is 0.384 e. The number of nitrogens with zero attached hydrogens (tertiary/aromatic N) is 1. The molecule has 1 aromatic rings. The number of ether oxygens (including phenoxy) is 1. The van der Waals surface area contributed by atoms with E-state index in [-0.39, 0.29) is 0 Å². The summed E-state index contributed by atoms with van der Waals surface area (Å²) < 4.78 is 43.4. The fourth-order valence-corrected chi connectivity index (χ4v) is 2.23. The molecule has 1 aliphatic heterocycles. The highest BCUT2D eigenvalue weighted by molar-refractivity contribution is 5.49. The minimum absolute atomic E-state index is 0.519. The van der Waals surface area contributed by atoms with Crippen LogP contribution in [0.1, 0.15) is 11.1 Å². The fraction of sp³-hybridized carbons (Fsp3) is 0.571. The lowest BCUT2D eigenvalue weighted by Gasteiger charge is -2.26. The zero-order chi connectivity index (χ0) is 14.6. The second-order valence-electron chi connectivity index (χ2n) is 4.97. The number of benzene rings is 1. The van der Waals surface area contributed by atoms with Crippen molar-refractivity contribution in [1.29, 1.82) is 0 Å². The molecule has 0 atom stereocenters. The number of anilines is 1. The van der Waals surface area contributed by atoms with Gasteiger partial charge < -0.3 is 10.1 Å². The first-order chi connectivity index (χ1) is 9.45. The molecule has 1 aliphatic rings. The molecule has 1 heterocycles. The molecule has 0 aromatic heterocycles. The number of hydrogen-bond acceptors (Lipinski definition) is 3. The van der Waals surface area contributed by atoms with Gasteiger partial charge in [-0.25, -0.2) is 0 Å². The monoisotopic (exact) mass is 288 g/mol. The number of aryl methyl sites for hydroxylation is 1. The maximum absolute atomic E-state index is 12.7. The van der Waals surface area contributed by atoms with E-state index in [1.807, 2.05) is 0 Å². The van der Waals surface area contributed by atoms with Crippen LogP contribution >= 0.6 is 0 Å². The van der Waals surface area contributed by atoms with Crippen molar-refractivity contribution in [2.45, 2.75) is 13.1 Å². The molecule has 1 aromatic carbocycles. The van der Waals surface area contributed by atoms with Crippen LogP contribution in [0.3, 0.4) is 0 Å². The molecule has 0 saturated carbocycles. The summed E-state index contributed by atoms with van der Waals surface area (Å²) >= 11 is 0. The van der Waals surface area contributed by atoms with Crippen molar-refractivity contribution < 1.29 is 17.9 Å². The van der Waals surface area contributed by atoms with Crippen LogP contribution in [-0.4, -0.2) is 44.3 Å². The first-order valence-corrected chi connectivity index (χ1v) is 6.68. The van der Waals surface area contributed by atoms with Crippen LogP contribution in [0.25, 0.3) is 0 Å². The average Bonchev–Trinajstić information content (AvgIpc) is 2.38. The molecule has 0 aliphatic carbocycles. The molecule has 0 unspecified atom stereocenters. The van der Waals surface area contributed by atoms with Crippen LogP contribution in [0.15, 0.2) is 18.2 Å². The van der Waals surface area contributed by atoms with Crippen LogP contribution in [0, 0.1) is 6.92 Å². The summed E-state index contributed by atoms with van der Waals surface area (Å²) in [6.45, 7) is 6.31. The van der Waals surface area contributed by atoms with Gasteiger partial charge in [0.25, 0.3) is 0 Å². The number of rotatable bonds is 4. The number of alkyl halides is 3. The Bertz CT molecular complexity index is 443. The van der Waals surface area contributed by atoms with Gasteiger partial charge in [-0.05, 0) is 30.7 Å². The van der Waals surface area contributed by atoms with Crippen molar-refractivity contribution in [2.24, 2.45) is 0 Å². The van der Waals surface area contributed by atoms with E-state index < -0.39 is 11.7 Å². The van der Waals surface area contributed by atoms with E-state index in [1.165, 1.54) is 0 Å². The zero-order valence-electron chi connectivity index (χ0n) is 11.5. The Morgan fingerprint density at radius 3 is 2.55 bits per heavy atom. The molecule has 3 nitrogen and oxygen atoms in total. The highest BCUT2D eigenvalue weighted by atomic mass is 19.4. The van der Waals surface area contributed by atoms with E-state index in [0.717, 1.165) is 45.0 Å². The van der Waals surface area contributed by atoms with Crippen LogP contribution in [0.4, 0.5) is 18.9 Å². The lowest BCUT2D eigenvalue weighted by Crippen LogP contribution is -2.39. The van der Waals surface area contributed by atoms with E-state index in [0.29, 0.717) is 17.8 Å². The van der Waals surface area contributed by atoms with E-state index in [1.54, 1.807) is 13.0 Å². The van der Waals surface area contributed by atoms with Gasteiger partial charge in [-0.1, -0.05) is 0 Å². The summed E-state index contributed by atoms with van der Waals surface area (Å²) in [6.07, 6.45) is -4.30. The Morgan fingerprint density at radius 1 is 1.20 bits per heavy atom. The summed E-state index contributed by atoms with van der Waals surface area (Å²) in [5.41, 5.74) is 0.519. The van der Waals surface area contributed by atoms with Gasteiger partial charge in [0.1, 0.15) is 0 Å². The SMILES string of the molecule is Cc1cc(NCCN2CCOCC2)cc(C(F)(F)F)c1. The normalized spacial score (nSPS) is 17.2. The van der Waals surface area contributed by atoms with Gasteiger partial charge >= 0.3 is 6.18 Å². The Morgan fingerprint density at radius 2 is 1.90 bits per heavy atom. The summed E-state index contributed by atoms with van der Waals surface area (Å²) in [5.74, 6) is 0. The highest BCUT2D eigenvalue weighted by Gasteiger charge is 2.30. The van der Waals surface area contributed by atoms with E-state index in [2.05, 4.69) is 10.2 Å². The van der Waals surface area contributed by atoms with Gasteiger partial charge in [0.2, 0.25) is 0 Å². The highest BCUT2D eigenvalue weighted by Crippen LogP contribution is 2.31. The van der Waals surface area contributed by atoms with Crippen molar-refractivity contribution in [2.75, 3.05) is 44.7 Å². The molecule has 1 N–H and O–H groups in total. The van der Waals surface area contributed by atoms with Crippen molar-refractivity contribution >= 4 is 5.69 Å². The summed E-state index contributed by atoms with van der Waals surface area (Å²) in [4.78, 5) is 2.23. The Kier molecular flexibility index (Phi) is 4.88. The lowest BCUT2D eigenvalue weighted by molar-refractivity contribution is -0.137.